The Morgan fingerprint density at radius 1 is 1.04 bits per heavy atom. The Hall–Kier alpha value is -2.44. The van der Waals surface area contributed by atoms with Crippen molar-refractivity contribution in [3.05, 3.63) is 42.5 Å². The number of nitrogens with zero attached hydrogens (tertiary/aromatic N) is 3. The molecule has 2 aromatic rings. The van der Waals surface area contributed by atoms with Crippen molar-refractivity contribution < 1.29 is 9.59 Å². The van der Waals surface area contributed by atoms with Crippen molar-refractivity contribution in [3.63, 3.8) is 0 Å². The summed E-state index contributed by atoms with van der Waals surface area (Å²) < 4.78 is 0. The molecule has 1 aliphatic rings. The van der Waals surface area contributed by atoms with Crippen LogP contribution in [0.2, 0.25) is 0 Å². The first-order valence-electron chi connectivity index (χ1n) is 9.41. The molecule has 0 spiro atoms. The second kappa shape index (κ2) is 8.50. The number of fused-ring (bicyclic) bond motifs is 1. The van der Waals surface area contributed by atoms with Crippen LogP contribution in [0.25, 0.3) is 10.8 Å². The highest BCUT2D eigenvalue weighted by atomic mass is 16.2. The highest BCUT2D eigenvalue weighted by Gasteiger charge is 2.26. The van der Waals surface area contributed by atoms with Crippen LogP contribution in [0.4, 0.5) is 5.69 Å². The molecule has 1 saturated heterocycles. The van der Waals surface area contributed by atoms with Gasteiger partial charge in [-0.3, -0.25) is 19.4 Å². The van der Waals surface area contributed by atoms with Gasteiger partial charge in [-0.15, -0.1) is 0 Å². The van der Waals surface area contributed by atoms with Crippen LogP contribution < -0.4 is 5.32 Å². The second-order valence-electron chi connectivity index (χ2n) is 7.29. The summed E-state index contributed by atoms with van der Waals surface area (Å²) in [5.74, 6) is 0.120. The van der Waals surface area contributed by atoms with Crippen LogP contribution in [0, 0.1) is 0 Å². The third-order valence-corrected chi connectivity index (χ3v) is 5.24. The topological polar surface area (TPSA) is 55.9 Å². The van der Waals surface area contributed by atoms with Gasteiger partial charge in [0.2, 0.25) is 11.8 Å². The zero-order chi connectivity index (χ0) is 19.4. The predicted octanol–water partition coefficient (Wildman–Crippen LogP) is 1.87. The van der Waals surface area contributed by atoms with Crippen molar-refractivity contribution in [1.82, 2.24) is 14.7 Å². The fourth-order valence-electron chi connectivity index (χ4n) is 3.38. The maximum atomic E-state index is 12.8. The molecule has 27 heavy (non-hydrogen) atoms. The molecule has 1 fully saturated rings. The maximum absolute atomic E-state index is 12.8. The van der Waals surface area contributed by atoms with Crippen LogP contribution in [-0.2, 0) is 9.59 Å². The van der Waals surface area contributed by atoms with Crippen molar-refractivity contribution in [2.24, 2.45) is 0 Å². The number of hydrogen-bond donors (Lipinski definition) is 1. The van der Waals surface area contributed by atoms with Crippen molar-refractivity contribution in [2.75, 3.05) is 52.1 Å². The van der Waals surface area contributed by atoms with Crippen molar-refractivity contribution in [3.8, 4) is 0 Å². The number of likely N-dealkylation sites (N-methyl/N-ethyl adjacent to an activating group) is 1. The molecule has 0 aromatic heterocycles. The zero-order valence-electron chi connectivity index (χ0n) is 16.3. The Morgan fingerprint density at radius 2 is 1.70 bits per heavy atom. The fraction of sp³-hybridized carbons (Fsp3) is 0.429. The SMILES string of the molecule is C[C@@H](C(=O)Nc1cccc2ccccc12)N1CCN(CC(=O)N(C)C)CC1. The first-order chi connectivity index (χ1) is 13.0. The smallest absolute Gasteiger partial charge is 0.241 e. The largest absolute Gasteiger partial charge is 0.348 e. The first-order valence-corrected chi connectivity index (χ1v) is 9.41. The van der Waals surface area contributed by atoms with Crippen molar-refractivity contribution >= 4 is 28.3 Å². The van der Waals surface area contributed by atoms with E-state index in [1.807, 2.05) is 49.4 Å². The number of anilines is 1. The molecule has 6 heteroatoms. The summed E-state index contributed by atoms with van der Waals surface area (Å²) in [4.78, 5) is 30.6. The summed E-state index contributed by atoms with van der Waals surface area (Å²) in [5, 5.41) is 5.25. The average Bonchev–Trinajstić information content (AvgIpc) is 2.68. The molecule has 2 amide bonds. The number of carbonyl (C=O) groups excluding carboxylic acids is 2. The molecule has 1 N–H and O–H groups in total. The van der Waals surface area contributed by atoms with Gasteiger partial charge >= 0.3 is 0 Å². The molecule has 3 rings (SSSR count). The molecule has 0 aliphatic carbocycles. The zero-order valence-corrected chi connectivity index (χ0v) is 16.3. The van der Waals surface area contributed by atoms with Crippen LogP contribution in [0.3, 0.4) is 0 Å². The van der Waals surface area contributed by atoms with Gasteiger partial charge in [0.25, 0.3) is 0 Å². The lowest BCUT2D eigenvalue weighted by atomic mass is 10.1. The highest BCUT2D eigenvalue weighted by Crippen LogP contribution is 2.23. The van der Waals surface area contributed by atoms with Gasteiger partial charge < -0.3 is 10.2 Å². The van der Waals surface area contributed by atoms with Crippen molar-refractivity contribution in [1.29, 1.82) is 0 Å². The van der Waals surface area contributed by atoms with Crippen LogP contribution in [0.1, 0.15) is 6.92 Å². The molecule has 6 nitrogen and oxygen atoms in total. The first kappa shape index (κ1) is 19.3. The molecule has 0 unspecified atom stereocenters. The summed E-state index contributed by atoms with van der Waals surface area (Å²) >= 11 is 0. The van der Waals surface area contributed by atoms with Gasteiger partial charge in [-0.05, 0) is 18.4 Å². The summed E-state index contributed by atoms with van der Waals surface area (Å²) in [6.07, 6.45) is 0. The minimum Gasteiger partial charge on any atom is -0.348 e. The number of nitrogens with one attached hydrogen (secondary N) is 1. The maximum Gasteiger partial charge on any atom is 0.241 e. The van der Waals surface area contributed by atoms with E-state index in [1.54, 1.807) is 19.0 Å². The number of piperazine rings is 1. The Labute approximate surface area is 160 Å². The quantitative estimate of drug-likeness (QED) is 0.875. The highest BCUT2D eigenvalue weighted by molar-refractivity contribution is 6.03. The standard InChI is InChI=1S/C21H28N4O2/c1-16(25-13-11-24(12-14-25)15-20(26)23(2)3)21(27)22-19-10-6-8-17-7-4-5-9-18(17)19/h4-10,16H,11-15H2,1-3H3,(H,22,27)/t16-/m0/s1. The molecule has 0 saturated carbocycles. The van der Waals surface area contributed by atoms with Crippen LogP contribution in [-0.4, -0.2) is 79.4 Å². The van der Waals surface area contributed by atoms with E-state index in [4.69, 9.17) is 0 Å². The monoisotopic (exact) mass is 368 g/mol. The third-order valence-electron chi connectivity index (χ3n) is 5.24. The lowest BCUT2D eigenvalue weighted by molar-refractivity contribution is -0.131. The van der Waals surface area contributed by atoms with Gasteiger partial charge in [0.05, 0.1) is 12.6 Å². The van der Waals surface area contributed by atoms with Crippen molar-refractivity contribution in [2.45, 2.75) is 13.0 Å². The molecular weight excluding hydrogens is 340 g/mol. The minimum absolute atomic E-state index is 0.00386. The van der Waals surface area contributed by atoms with Gasteiger partial charge in [0, 0.05) is 51.3 Å². The molecule has 144 valence electrons. The van der Waals surface area contributed by atoms with E-state index in [9.17, 15) is 9.59 Å². The second-order valence-corrected chi connectivity index (χ2v) is 7.29. The fourth-order valence-corrected chi connectivity index (χ4v) is 3.38. The molecule has 1 aliphatic heterocycles. The van der Waals surface area contributed by atoms with Gasteiger partial charge in [-0.25, -0.2) is 0 Å². The average molecular weight is 368 g/mol. The normalized spacial score (nSPS) is 16.9. The number of hydrogen-bond acceptors (Lipinski definition) is 4. The van der Waals surface area contributed by atoms with E-state index in [1.165, 1.54) is 0 Å². The van der Waals surface area contributed by atoms with E-state index in [0.717, 1.165) is 42.6 Å². The number of rotatable bonds is 5. The van der Waals surface area contributed by atoms with Crippen LogP contribution >= 0.6 is 0 Å². The Bertz CT molecular complexity index is 807. The van der Waals surface area contributed by atoms with E-state index in [0.29, 0.717) is 6.54 Å². The summed E-state index contributed by atoms with van der Waals surface area (Å²) in [6, 6.07) is 13.8. The van der Waals surface area contributed by atoms with Gasteiger partial charge in [-0.2, -0.15) is 0 Å². The third kappa shape index (κ3) is 4.64. The minimum atomic E-state index is -0.212. The molecule has 1 heterocycles. The molecule has 0 bridgehead atoms. The van der Waals surface area contributed by atoms with Gasteiger partial charge in [-0.1, -0.05) is 36.4 Å². The molecule has 0 radical (unpaired) electrons. The summed E-state index contributed by atoms with van der Waals surface area (Å²) in [7, 11) is 3.55. The van der Waals surface area contributed by atoms with Crippen LogP contribution in [0.15, 0.2) is 42.5 Å². The molecule has 1 atom stereocenters. The van der Waals surface area contributed by atoms with Gasteiger partial charge in [0.1, 0.15) is 0 Å². The number of amides is 2. The molecule has 2 aromatic carbocycles. The summed E-state index contributed by atoms with van der Waals surface area (Å²) in [5.41, 5.74) is 0.847. The van der Waals surface area contributed by atoms with E-state index in [2.05, 4.69) is 15.1 Å². The number of benzene rings is 2. The Balaban J connectivity index is 1.57. The Morgan fingerprint density at radius 3 is 2.41 bits per heavy atom. The van der Waals surface area contributed by atoms with Gasteiger partial charge in [0.15, 0.2) is 0 Å². The lowest BCUT2D eigenvalue weighted by Crippen LogP contribution is -2.54. The van der Waals surface area contributed by atoms with E-state index >= 15 is 0 Å². The summed E-state index contributed by atoms with van der Waals surface area (Å²) in [6.45, 7) is 5.55. The molecular formula is C21H28N4O2. The number of carbonyl (C=O) groups is 2. The predicted molar refractivity (Wildman–Crippen MR) is 109 cm³/mol. The van der Waals surface area contributed by atoms with E-state index < -0.39 is 0 Å². The lowest BCUT2D eigenvalue weighted by Gasteiger charge is -2.37. The van der Waals surface area contributed by atoms with E-state index in [-0.39, 0.29) is 17.9 Å². The van der Waals surface area contributed by atoms with Crippen LogP contribution in [0.5, 0.6) is 0 Å². The Kier molecular flexibility index (Phi) is 6.08.